The molecule has 0 radical (unpaired) electrons. The summed E-state index contributed by atoms with van der Waals surface area (Å²) in [6.07, 6.45) is 6.36. The zero-order valence-electron chi connectivity index (χ0n) is 8.82. The summed E-state index contributed by atoms with van der Waals surface area (Å²) in [6.45, 7) is 0. The molecule has 0 amide bonds. The molecule has 14 heavy (non-hydrogen) atoms. The number of aromatic nitrogens is 2. The van der Waals surface area contributed by atoms with Crippen molar-refractivity contribution in [3.63, 3.8) is 0 Å². The SMILES string of the molecule is CSc1c(C2CC2)ncnc1N(C)C. The summed E-state index contributed by atoms with van der Waals surface area (Å²) in [6, 6.07) is 0. The third-order valence-electron chi connectivity index (χ3n) is 2.40. The molecule has 0 unspecified atom stereocenters. The Kier molecular flexibility index (Phi) is 2.63. The van der Waals surface area contributed by atoms with Crippen LogP contribution in [-0.4, -0.2) is 30.3 Å². The Bertz CT molecular complexity index is 314. The number of rotatable bonds is 3. The molecule has 0 N–H and O–H groups in total. The average Bonchev–Trinajstić information content (AvgIpc) is 2.99. The zero-order valence-corrected chi connectivity index (χ0v) is 9.64. The topological polar surface area (TPSA) is 29.0 Å². The van der Waals surface area contributed by atoms with Gasteiger partial charge in [-0.3, -0.25) is 0 Å². The van der Waals surface area contributed by atoms with Crippen LogP contribution in [0.2, 0.25) is 0 Å². The highest BCUT2D eigenvalue weighted by Crippen LogP contribution is 2.44. The second-order valence-electron chi connectivity index (χ2n) is 3.78. The summed E-state index contributed by atoms with van der Waals surface area (Å²) in [5.41, 5.74) is 1.25. The standard InChI is InChI=1S/C10H15N3S/c1-13(2)10-9(14-3)8(7-4-5-7)11-6-12-10/h6-7H,4-5H2,1-3H3. The van der Waals surface area contributed by atoms with Gasteiger partial charge in [0, 0.05) is 20.0 Å². The van der Waals surface area contributed by atoms with E-state index in [1.54, 1.807) is 18.1 Å². The molecule has 2 rings (SSSR count). The van der Waals surface area contributed by atoms with Gasteiger partial charge < -0.3 is 4.90 Å². The van der Waals surface area contributed by atoms with Crippen molar-refractivity contribution < 1.29 is 0 Å². The highest BCUT2D eigenvalue weighted by atomic mass is 32.2. The number of anilines is 1. The van der Waals surface area contributed by atoms with Crippen LogP contribution < -0.4 is 4.90 Å². The number of nitrogens with zero attached hydrogens (tertiary/aromatic N) is 3. The molecule has 0 atom stereocenters. The fourth-order valence-corrected chi connectivity index (χ4v) is 2.39. The molecule has 0 aromatic carbocycles. The maximum atomic E-state index is 4.40. The maximum Gasteiger partial charge on any atom is 0.145 e. The summed E-state index contributed by atoms with van der Waals surface area (Å²) >= 11 is 1.75. The second-order valence-corrected chi connectivity index (χ2v) is 4.60. The van der Waals surface area contributed by atoms with Crippen molar-refractivity contribution >= 4 is 17.6 Å². The Morgan fingerprint density at radius 2 is 2.07 bits per heavy atom. The van der Waals surface area contributed by atoms with Crippen molar-refractivity contribution in [3.8, 4) is 0 Å². The average molecular weight is 209 g/mol. The lowest BCUT2D eigenvalue weighted by Crippen LogP contribution is -2.13. The van der Waals surface area contributed by atoms with Crippen LogP contribution in [0.3, 0.4) is 0 Å². The lowest BCUT2D eigenvalue weighted by Gasteiger charge is -2.16. The van der Waals surface area contributed by atoms with E-state index < -0.39 is 0 Å². The predicted octanol–water partition coefficient (Wildman–Crippen LogP) is 2.14. The first kappa shape index (κ1) is 9.77. The van der Waals surface area contributed by atoms with Crippen LogP contribution in [0.5, 0.6) is 0 Å². The summed E-state index contributed by atoms with van der Waals surface area (Å²) in [5, 5.41) is 0. The first-order chi connectivity index (χ1) is 6.74. The minimum Gasteiger partial charge on any atom is -0.362 e. The van der Waals surface area contributed by atoms with Crippen molar-refractivity contribution in [1.82, 2.24) is 9.97 Å². The minimum atomic E-state index is 0.694. The Morgan fingerprint density at radius 3 is 2.57 bits per heavy atom. The molecule has 1 aromatic rings. The van der Waals surface area contributed by atoms with E-state index >= 15 is 0 Å². The number of thioether (sulfide) groups is 1. The molecule has 1 heterocycles. The lowest BCUT2D eigenvalue weighted by molar-refractivity contribution is 0.900. The van der Waals surface area contributed by atoms with Gasteiger partial charge in [0.05, 0.1) is 10.6 Å². The lowest BCUT2D eigenvalue weighted by atomic mass is 10.2. The van der Waals surface area contributed by atoms with Crippen LogP contribution in [0.1, 0.15) is 24.5 Å². The molecular formula is C10H15N3S. The Labute approximate surface area is 88.9 Å². The first-order valence-electron chi connectivity index (χ1n) is 4.80. The van der Waals surface area contributed by atoms with Gasteiger partial charge in [0.2, 0.25) is 0 Å². The summed E-state index contributed by atoms with van der Waals surface area (Å²) in [4.78, 5) is 12.0. The molecule has 4 heteroatoms. The second kappa shape index (κ2) is 3.77. The minimum absolute atomic E-state index is 0.694. The maximum absolute atomic E-state index is 4.40. The van der Waals surface area contributed by atoms with Crippen LogP contribution in [0.4, 0.5) is 5.82 Å². The summed E-state index contributed by atoms with van der Waals surface area (Å²) in [7, 11) is 4.05. The van der Waals surface area contributed by atoms with E-state index in [2.05, 4.69) is 21.1 Å². The third-order valence-corrected chi connectivity index (χ3v) is 3.20. The summed E-state index contributed by atoms with van der Waals surface area (Å²) < 4.78 is 0. The molecule has 1 saturated carbocycles. The van der Waals surface area contributed by atoms with Crippen molar-refractivity contribution in [2.45, 2.75) is 23.7 Å². The van der Waals surface area contributed by atoms with Crippen LogP contribution in [0.25, 0.3) is 0 Å². The van der Waals surface area contributed by atoms with Crippen LogP contribution >= 0.6 is 11.8 Å². The van der Waals surface area contributed by atoms with E-state index in [4.69, 9.17) is 0 Å². The van der Waals surface area contributed by atoms with E-state index in [9.17, 15) is 0 Å². The van der Waals surface area contributed by atoms with Crippen LogP contribution in [-0.2, 0) is 0 Å². The predicted molar refractivity (Wildman–Crippen MR) is 60.1 cm³/mol. The molecule has 76 valence electrons. The molecule has 0 spiro atoms. The smallest absolute Gasteiger partial charge is 0.145 e. The number of hydrogen-bond donors (Lipinski definition) is 0. The van der Waals surface area contributed by atoms with Gasteiger partial charge in [0.1, 0.15) is 12.1 Å². The molecule has 0 saturated heterocycles. The van der Waals surface area contributed by atoms with E-state index in [-0.39, 0.29) is 0 Å². The highest BCUT2D eigenvalue weighted by Gasteiger charge is 2.29. The van der Waals surface area contributed by atoms with Gasteiger partial charge in [-0.2, -0.15) is 0 Å². The largest absolute Gasteiger partial charge is 0.362 e. The molecule has 1 fully saturated rings. The van der Waals surface area contributed by atoms with E-state index in [1.165, 1.54) is 23.4 Å². The molecule has 1 aliphatic carbocycles. The van der Waals surface area contributed by atoms with Crippen molar-refractivity contribution in [2.75, 3.05) is 25.3 Å². The van der Waals surface area contributed by atoms with E-state index in [0.717, 1.165) is 5.82 Å². The summed E-state index contributed by atoms with van der Waals surface area (Å²) in [5.74, 6) is 1.74. The Morgan fingerprint density at radius 1 is 1.36 bits per heavy atom. The van der Waals surface area contributed by atoms with Crippen molar-refractivity contribution in [2.24, 2.45) is 0 Å². The Balaban J connectivity index is 2.44. The molecule has 0 aliphatic heterocycles. The monoisotopic (exact) mass is 209 g/mol. The van der Waals surface area contributed by atoms with Gasteiger partial charge in [-0.1, -0.05) is 0 Å². The third kappa shape index (κ3) is 1.71. The Hall–Kier alpha value is -0.770. The van der Waals surface area contributed by atoms with Crippen molar-refractivity contribution in [3.05, 3.63) is 12.0 Å². The first-order valence-corrected chi connectivity index (χ1v) is 6.02. The quantitative estimate of drug-likeness (QED) is 0.713. The zero-order chi connectivity index (χ0) is 10.1. The number of hydrogen-bond acceptors (Lipinski definition) is 4. The van der Waals surface area contributed by atoms with Gasteiger partial charge >= 0.3 is 0 Å². The van der Waals surface area contributed by atoms with Gasteiger partial charge in [0.25, 0.3) is 0 Å². The molecule has 0 bridgehead atoms. The van der Waals surface area contributed by atoms with Gasteiger partial charge in [-0.05, 0) is 19.1 Å². The van der Waals surface area contributed by atoms with E-state index in [1.807, 2.05) is 14.1 Å². The van der Waals surface area contributed by atoms with Gasteiger partial charge in [-0.25, -0.2) is 9.97 Å². The molecule has 1 aromatic heterocycles. The van der Waals surface area contributed by atoms with Gasteiger partial charge in [-0.15, -0.1) is 11.8 Å². The van der Waals surface area contributed by atoms with Crippen molar-refractivity contribution in [1.29, 1.82) is 0 Å². The fraction of sp³-hybridized carbons (Fsp3) is 0.600. The van der Waals surface area contributed by atoms with E-state index in [0.29, 0.717) is 5.92 Å². The molecular weight excluding hydrogens is 194 g/mol. The molecule has 3 nitrogen and oxygen atoms in total. The van der Waals surface area contributed by atoms with Gasteiger partial charge in [0.15, 0.2) is 0 Å². The molecule has 1 aliphatic rings. The highest BCUT2D eigenvalue weighted by molar-refractivity contribution is 7.98. The van der Waals surface area contributed by atoms with Crippen LogP contribution in [0, 0.1) is 0 Å². The fourth-order valence-electron chi connectivity index (χ4n) is 1.54. The van der Waals surface area contributed by atoms with Crippen LogP contribution in [0.15, 0.2) is 11.2 Å². The normalized spacial score (nSPS) is 15.6.